The first-order valence-corrected chi connectivity index (χ1v) is 14.2. The minimum absolute atomic E-state index is 0.166. The zero-order valence-electron chi connectivity index (χ0n) is 21.8. The summed E-state index contributed by atoms with van der Waals surface area (Å²) in [5.41, 5.74) is 2.47. The normalized spacial score (nSPS) is 42.7. The average Bonchev–Trinajstić information content (AvgIpc) is 3.25. The molecule has 0 amide bonds. The van der Waals surface area contributed by atoms with Gasteiger partial charge in [0.15, 0.2) is 12.3 Å². The molecule has 12 atom stereocenters. The first kappa shape index (κ1) is 27.8. The summed E-state index contributed by atoms with van der Waals surface area (Å²) in [4.78, 5) is 21.9. The highest BCUT2D eigenvalue weighted by atomic mass is 79.9. The van der Waals surface area contributed by atoms with Gasteiger partial charge in [0.05, 0.1) is 36.1 Å². The number of nitrogens with zero attached hydrogens (tertiary/aromatic N) is 2. The number of carbonyl (C=O) groups is 2. The number of aliphatic hydroxyl groups excluding tert-OH is 4. The fourth-order valence-electron chi connectivity index (χ4n) is 9.51. The predicted octanol–water partition coefficient (Wildman–Crippen LogP) is -0.215. The van der Waals surface area contributed by atoms with Crippen LogP contribution >= 0.6 is 15.9 Å². The van der Waals surface area contributed by atoms with E-state index in [2.05, 4.69) is 59.9 Å². The van der Waals surface area contributed by atoms with Crippen molar-refractivity contribution >= 4 is 33.6 Å². The fraction of sp³-hybridized carbons (Fsp3) is 0.704. The molecule has 5 unspecified atom stereocenters. The number of piperidine rings is 4. The van der Waals surface area contributed by atoms with E-state index in [-0.39, 0.29) is 23.8 Å². The Labute approximate surface area is 230 Å². The lowest BCUT2D eigenvalue weighted by molar-refractivity contribution is -1.04. The Balaban J connectivity index is 0.000000253. The van der Waals surface area contributed by atoms with Crippen LogP contribution in [0, 0.1) is 17.8 Å². The smallest absolute Gasteiger partial charge is 0.335 e. The largest absolute Gasteiger partial charge is 0.547 e. The molecule has 1 aromatic rings. The van der Waals surface area contributed by atoms with Gasteiger partial charge in [0.25, 0.3) is 0 Å². The number of carbonyl (C=O) groups excluding carboxylic acids is 1. The molecule has 5 N–H and O–H groups in total. The number of halogens is 1. The Hall–Kier alpha value is -1.76. The molecule has 10 nitrogen and oxygen atoms in total. The van der Waals surface area contributed by atoms with E-state index in [9.17, 15) is 24.9 Å². The molecule has 5 bridgehead atoms. The molecule has 4 saturated heterocycles. The summed E-state index contributed by atoms with van der Waals surface area (Å²) >= 11 is 3.69. The molecule has 0 radical (unpaired) electrons. The molecule has 1 spiro atoms. The van der Waals surface area contributed by atoms with Crippen LogP contribution in [0.4, 0.5) is 5.69 Å². The number of aliphatic hydroxyl groups is 4. The zero-order chi connectivity index (χ0) is 27.9. The van der Waals surface area contributed by atoms with E-state index in [4.69, 9.17) is 15.3 Å². The van der Waals surface area contributed by atoms with E-state index < -0.39 is 24.1 Å². The van der Waals surface area contributed by atoms with Crippen molar-refractivity contribution in [3.63, 3.8) is 0 Å². The van der Waals surface area contributed by atoms with Gasteiger partial charge in [-0.2, -0.15) is 0 Å². The lowest BCUT2D eigenvalue weighted by atomic mass is 9.60. The third-order valence-electron chi connectivity index (χ3n) is 10.6. The van der Waals surface area contributed by atoms with Crippen LogP contribution in [0.5, 0.6) is 0 Å². The second kappa shape index (κ2) is 9.42. The lowest BCUT2D eigenvalue weighted by Crippen LogP contribution is -2.83. The van der Waals surface area contributed by atoms with E-state index in [1.54, 1.807) is 0 Å². The van der Waals surface area contributed by atoms with Gasteiger partial charge in [-0.25, -0.2) is 4.79 Å². The summed E-state index contributed by atoms with van der Waals surface area (Å²) in [6.07, 6.45) is -0.958. The first-order valence-electron chi connectivity index (χ1n) is 13.5. The Morgan fingerprint density at radius 1 is 1.21 bits per heavy atom. The van der Waals surface area contributed by atoms with Crippen LogP contribution in [-0.2, 0) is 15.0 Å². The molecule has 6 aliphatic rings. The van der Waals surface area contributed by atoms with Crippen molar-refractivity contribution in [3.8, 4) is 0 Å². The van der Waals surface area contributed by atoms with Gasteiger partial charge in [0, 0.05) is 41.9 Å². The van der Waals surface area contributed by atoms with Gasteiger partial charge in [-0.1, -0.05) is 29.8 Å². The topological polar surface area (TPSA) is 162 Å². The minimum Gasteiger partial charge on any atom is -0.547 e. The molecule has 1 aliphatic carbocycles. The van der Waals surface area contributed by atoms with Crippen LogP contribution in [0.1, 0.15) is 45.1 Å². The maximum absolute atomic E-state index is 12.0. The SMILES string of the molecule is CCC[N+]12[C@H]3CC45c6cc(Br)ccc6N(C)[C@H]4[C@@H]1CC(C3C5O)[C@@H](CC)[C@@H]2O.O=C([O-])[C@H](O)[C@@H](O)C(=O)O. The molecular weight excluding hydrogens is 560 g/mol. The highest BCUT2D eigenvalue weighted by molar-refractivity contribution is 9.10. The number of carboxylic acid groups (broad SMARTS) is 2. The second-order valence-electron chi connectivity index (χ2n) is 11.8. The second-order valence-corrected chi connectivity index (χ2v) is 12.7. The fourth-order valence-corrected chi connectivity index (χ4v) is 9.87. The van der Waals surface area contributed by atoms with Crippen molar-refractivity contribution in [2.24, 2.45) is 17.8 Å². The van der Waals surface area contributed by atoms with Gasteiger partial charge in [0.2, 0.25) is 0 Å². The lowest BCUT2D eigenvalue weighted by Gasteiger charge is -2.68. The monoisotopic (exact) mass is 596 g/mol. The molecule has 1 aromatic carbocycles. The van der Waals surface area contributed by atoms with Crippen molar-refractivity contribution in [1.29, 1.82) is 0 Å². The molecule has 38 heavy (non-hydrogen) atoms. The van der Waals surface area contributed by atoms with E-state index >= 15 is 0 Å². The summed E-state index contributed by atoms with van der Waals surface area (Å²) in [5.74, 6) is -2.69. The van der Waals surface area contributed by atoms with Crippen LogP contribution in [-0.4, -0.2) is 98.2 Å². The number of hydrogen-bond donors (Lipinski definition) is 5. The first-order chi connectivity index (χ1) is 17.9. The van der Waals surface area contributed by atoms with Crippen LogP contribution in [0.2, 0.25) is 0 Å². The van der Waals surface area contributed by atoms with Crippen LogP contribution in [0.3, 0.4) is 0 Å². The number of quaternary nitrogens is 1. The molecule has 5 fully saturated rings. The van der Waals surface area contributed by atoms with Gasteiger partial charge in [-0.3, -0.25) is 4.48 Å². The van der Waals surface area contributed by atoms with E-state index in [1.807, 2.05) is 0 Å². The van der Waals surface area contributed by atoms with E-state index in [0.717, 1.165) is 34.8 Å². The predicted molar refractivity (Wildman–Crippen MR) is 138 cm³/mol. The van der Waals surface area contributed by atoms with Crippen molar-refractivity contribution < 1.29 is 44.7 Å². The molecule has 11 heteroatoms. The average molecular weight is 598 g/mol. The number of carboxylic acids is 2. The minimum atomic E-state index is -2.38. The number of rotatable bonds is 6. The summed E-state index contributed by atoms with van der Waals surface area (Å²) < 4.78 is 1.97. The van der Waals surface area contributed by atoms with Crippen LogP contribution in [0.25, 0.3) is 0 Å². The number of fused-ring (bicyclic) bond motifs is 2. The third-order valence-corrected chi connectivity index (χ3v) is 11.1. The maximum Gasteiger partial charge on any atom is 0.335 e. The number of hydrogen-bond acceptors (Lipinski definition) is 8. The maximum atomic E-state index is 12.0. The van der Waals surface area contributed by atoms with Gasteiger partial charge >= 0.3 is 5.97 Å². The molecular formula is C27H37BrN2O8. The van der Waals surface area contributed by atoms with Crippen LogP contribution in [0.15, 0.2) is 22.7 Å². The van der Waals surface area contributed by atoms with Crippen molar-refractivity contribution in [2.75, 3.05) is 18.5 Å². The van der Waals surface area contributed by atoms with Crippen molar-refractivity contribution in [2.45, 2.75) is 87.6 Å². The number of likely N-dealkylation sites (N-methyl/N-ethyl adjacent to an activating group) is 1. The molecule has 5 heterocycles. The Morgan fingerprint density at radius 3 is 2.45 bits per heavy atom. The summed E-state index contributed by atoms with van der Waals surface area (Å²) in [7, 11) is 2.23. The van der Waals surface area contributed by atoms with E-state index in [0.29, 0.717) is 29.8 Å². The van der Waals surface area contributed by atoms with Gasteiger partial charge in [-0.15, -0.1) is 0 Å². The van der Waals surface area contributed by atoms with E-state index in [1.165, 1.54) is 17.7 Å². The molecule has 210 valence electrons. The Kier molecular flexibility index (Phi) is 6.89. The standard InChI is InChI=1S/C23H32BrN2O2.C4H6O6/c1-4-8-26-17-10-14(13(5-2)22(26)28)19-18(26)11-23(21(19)27)15-9-12(24)6-7-16(15)25(3)20(17)23;5-1(3(7)8)2(6)4(9)10/h6-7,9,13-14,17-22,27-28H,4-5,8,10-11H2,1-3H3;1-2,5-6H,(H,7,8)(H,9,10)/q+1;/p-1/t13-,14?,17+,18+,19?,20+,21?,22+,23?,26?;1-,2-/m11/s1. The highest BCUT2D eigenvalue weighted by Crippen LogP contribution is 2.71. The van der Waals surface area contributed by atoms with Gasteiger partial charge < -0.3 is 40.3 Å². The summed E-state index contributed by atoms with van der Waals surface area (Å²) in [6.45, 7) is 5.54. The van der Waals surface area contributed by atoms with Gasteiger partial charge in [-0.05, 0) is 42.5 Å². The Bertz CT molecular complexity index is 1120. The van der Waals surface area contributed by atoms with Crippen molar-refractivity contribution in [1.82, 2.24) is 0 Å². The number of anilines is 1. The molecule has 1 saturated carbocycles. The molecule has 5 aliphatic heterocycles. The summed E-state index contributed by atoms with van der Waals surface area (Å²) in [6, 6.07) is 7.75. The Morgan fingerprint density at radius 2 is 1.89 bits per heavy atom. The van der Waals surface area contributed by atoms with Crippen LogP contribution < -0.4 is 10.0 Å². The zero-order valence-corrected chi connectivity index (χ0v) is 23.4. The quantitative estimate of drug-likeness (QED) is 0.280. The molecule has 0 aromatic heterocycles. The van der Waals surface area contributed by atoms with Gasteiger partial charge in [0.1, 0.15) is 12.1 Å². The highest BCUT2D eigenvalue weighted by Gasteiger charge is 2.82. The third kappa shape index (κ3) is 3.35. The summed E-state index contributed by atoms with van der Waals surface area (Å²) in [5, 5.41) is 57.8. The number of aliphatic carboxylic acids is 2. The van der Waals surface area contributed by atoms with Crippen molar-refractivity contribution in [3.05, 3.63) is 28.2 Å². The molecule has 7 rings (SSSR count). The number of benzene rings is 1.